The Morgan fingerprint density at radius 1 is 1.03 bits per heavy atom. The second kappa shape index (κ2) is 8.45. The second-order valence-corrected chi connectivity index (χ2v) is 7.43. The highest BCUT2D eigenvalue weighted by Gasteiger charge is 2.45. The molecule has 0 unspecified atom stereocenters. The molecular weight excluding hydrogens is 380 g/mol. The molecule has 0 atom stereocenters. The number of para-hydroxylation sites is 1. The molecule has 3 aromatic rings. The fourth-order valence-corrected chi connectivity index (χ4v) is 3.83. The second-order valence-electron chi connectivity index (χ2n) is 7.43. The summed E-state index contributed by atoms with van der Waals surface area (Å²) in [7, 11) is 1.54. The number of ether oxygens (including phenoxy) is 1. The van der Waals surface area contributed by atoms with E-state index in [1.54, 1.807) is 30.5 Å². The third-order valence-corrected chi connectivity index (χ3v) is 5.69. The van der Waals surface area contributed by atoms with E-state index in [0.717, 1.165) is 30.6 Å². The number of anilines is 1. The van der Waals surface area contributed by atoms with Crippen molar-refractivity contribution in [3.63, 3.8) is 0 Å². The van der Waals surface area contributed by atoms with Crippen LogP contribution in [0.15, 0.2) is 71.3 Å². The van der Waals surface area contributed by atoms with Crippen molar-refractivity contribution in [3.8, 4) is 5.75 Å². The van der Waals surface area contributed by atoms with Crippen molar-refractivity contribution in [1.29, 1.82) is 0 Å². The van der Waals surface area contributed by atoms with Gasteiger partial charge in [0, 0.05) is 5.69 Å². The van der Waals surface area contributed by atoms with Crippen molar-refractivity contribution >= 4 is 17.5 Å². The molecule has 1 heterocycles. The van der Waals surface area contributed by atoms with Crippen molar-refractivity contribution in [2.24, 2.45) is 0 Å². The standard InChI is InChI=1S/C24H24N2O4/c1-29-21-8-3-2-7-20(21)22(27)26-18-11-9-17(10-12-18)24(13-5-14-24)23(28)25-16-19-6-4-15-30-19/h2-4,6-12,15H,5,13-14,16H2,1H3,(H,25,28)(H,26,27). The van der Waals surface area contributed by atoms with Crippen molar-refractivity contribution in [2.75, 3.05) is 12.4 Å². The molecule has 6 nitrogen and oxygen atoms in total. The van der Waals surface area contributed by atoms with Gasteiger partial charge in [-0.05, 0) is 54.8 Å². The summed E-state index contributed by atoms with van der Waals surface area (Å²) in [5.74, 6) is 1.02. The van der Waals surface area contributed by atoms with Crippen molar-refractivity contribution in [3.05, 3.63) is 83.8 Å². The monoisotopic (exact) mass is 404 g/mol. The van der Waals surface area contributed by atoms with Gasteiger partial charge in [0.05, 0.1) is 30.9 Å². The summed E-state index contributed by atoms with van der Waals surface area (Å²) in [6, 6.07) is 18.2. The van der Waals surface area contributed by atoms with Gasteiger partial charge in [0.25, 0.3) is 5.91 Å². The SMILES string of the molecule is COc1ccccc1C(=O)Nc1ccc(C2(C(=O)NCc3ccco3)CCC2)cc1. The van der Waals surface area contributed by atoms with Crippen LogP contribution in [0.4, 0.5) is 5.69 Å². The van der Waals surface area contributed by atoms with Gasteiger partial charge in [-0.15, -0.1) is 0 Å². The summed E-state index contributed by atoms with van der Waals surface area (Å²) in [5.41, 5.74) is 1.58. The Labute approximate surface area is 175 Å². The van der Waals surface area contributed by atoms with E-state index >= 15 is 0 Å². The van der Waals surface area contributed by atoms with Gasteiger partial charge in [-0.2, -0.15) is 0 Å². The first-order valence-electron chi connectivity index (χ1n) is 9.98. The maximum Gasteiger partial charge on any atom is 0.259 e. The van der Waals surface area contributed by atoms with E-state index in [2.05, 4.69) is 10.6 Å². The highest BCUT2D eigenvalue weighted by Crippen LogP contribution is 2.44. The normalized spacial score (nSPS) is 14.4. The topological polar surface area (TPSA) is 80.6 Å². The Kier molecular flexibility index (Phi) is 5.57. The molecule has 1 aliphatic rings. The number of hydrogen-bond acceptors (Lipinski definition) is 4. The fourth-order valence-electron chi connectivity index (χ4n) is 3.83. The smallest absolute Gasteiger partial charge is 0.259 e. The minimum Gasteiger partial charge on any atom is -0.496 e. The van der Waals surface area contributed by atoms with Crippen molar-refractivity contribution in [2.45, 2.75) is 31.2 Å². The Morgan fingerprint density at radius 2 is 1.80 bits per heavy atom. The Hall–Kier alpha value is -3.54. The van der Waals surface area contributed by atoms with Gasteiger partial charge < -0.3 is 19.8 Å². The average molecular weight is 404 g/mol. The third-order valence-electron chi connectivity index (χ3n) is 5.69. The van der Waals surface area contributed by atoms with Gasteiger partial charge in [-0.3, -0.25) is 9.59 Å². The third kappa shape index (κ3) is 3.81. The molecule has 30 heavy (non-hydrogen) atoms. The van der Waals surface area contributed by atoms with Crippen LogP contribution in [0.5, 0.6) is 5.75 Å². The Balaban J connectivity index is 1.45. The van der Waals surface area contributed by atoms with Crippen LogP contribution in [0.2, 0.25) is 0 Å². The number of amides is 2. The molecule has 2 amide bonds. The predicted molar refractivity (Wildman–Crippen MR) is 113 cm³/mol. The minimum atomic E-state index is -0.516. The van der Waals surface area contributed by atoms with E-state index in [1.165, 1.54) is 7.11 Å². The van der Waals surface area contributed by atoms with Gasteiger partial charge in [0.15, 0.2) is 0 Å². The molecule has 154 valence electrons. The number of rotatable bonds is 7. The Bertz CT molecular complexity index is 1020. The largest absolute Gasteiger partial charge is 0.496 e. The number of furan rings is 1. The lowest BCUT2D eigenvalue weighted by molar-refractivity contribution is -0.130. The van der Waals surface area contributed by atoms with Gasteiger partial charge in [-0.25, -0.2) is 0 Å². The molecule has 1 aromatic heterocycles. The molecular formula is C24H24N2O4. The molecule has 1 saturated carbocycles. The van der Waals surface area contributed by atoms with E-state index in [9.17, 15) is 9.59 Å². The van der Waals surface area contributed by atoms with E-state index < -0.39 is 5.41 Å². The van der Waals surface area contributed by atoms with Gasteiger partial charge in [0.1, 0.15) is 11.5 Å². The van der Waals surface area contributed by atoms with Crippen LogP contribution < -0.4 is 15.4 Å². The Morgan fingerprint density at radius 3 is 2.43 bits per heavy atom. The number of carbonyl (C=O) groups excluding carboxylic acids is 2. The summed E-state index contributed by atoms with van der Waals surface area (Å²) in [6.45, 7) is 0.376. The molecule has 0 aliphatic heterocycles. The molecule has 2 N–H and O–H groups in total. The summed E-state index contributed by atoms with van der Waals surface area (Å²) in [5, 5.41) is 5.88. The molecule has 2 aromatic carbocycles. The average Bonchev–Trinajstić information content (AvgIpc) is 3.26. The molecule has 6 heteroatoms. The molecule has 1 aliphatic carbocycles. The van der Waals surface area contributed by atoms with Crippen LogP contribution in [-0.2, 0) is 16.8 Å². The number of benzene rings is 2. The zero-order valence-corrected chi connectivity index (χ0v) is 16.8. The van der Waals surface area contributed by atoms with E-state index in [1.807, 2.05) is 36.4 Å². The highest BCUT2D eigenvalue weighted by molar-refractivity contribution is 6.06. The van der Waals surface area contributed by atoms with Crippen LogP contribution in [0.25, 0.3) is 0 Å². The molecule has 1 fully saturated rings. The van der Waals surface area contributed by atoms with Crippen LogP contribution in [0.1, 0.15) is 40.9 Å². The quantitative estimate of drug-likeness (QED) is 0.616. The number of carbonyl (C=O) groups is 2. The zero-order valence-electron chi connectivity index (χ0n) is 16.8. The molecule has 0 spiro atoms. The summed E-state index contributed by atoms with van der Waals surface area (Å²) in [4.78, 5) is 25.5. The first kappa shape index (κ1) is 19.8. The van der Waals surface area contributed by atoms with Gasteiger partial charge >= 0.3 is 0 Å². The first-order chi connectivity index (χ1) is 14.6. The fraction of sp³-hybridized carbons (Fsp3) is 0.250. The molecule has 0 saturated heterocycles. The first-order valence-corrected chi connectivity index (χ1v) is 9.98. The summed E-state index contributed by atoms with van der Waals surface area (Å²) < 4.78 is 10.5. The van der Waals surface area contributed by atoms with Crippen LogP contribution in [0, 0.1) is 0 Å². The summed E-state index contributed by atoms with van der Waals surface area (Å²) >= 11 is 0. The number of nitrogens with one attached hydrogen (secondary N) is 2. The predicted octanol–water partition coefficient (Wildman–Crippen LogP) is 4.28. The van der Waals surface area contributed by atoms with E-state index in [-0.39, 0.29) is 11.8 Å². The lowest BCUT2D eigenvalue weighted by Gasteiger charge is -2.40. The maximum absolute atomic E-state index is 12.9. The van der Waals surface area contributed by atoms with Gasteiger partial charge in [0.2, 0.25) is 5.91 Å². The van der Waals surface area contributed by atoms with Crippen molar-refractivity contribution < 1.29 is 18.7 Å². The molecule has 4 rings (SSSR count). The minimum absolute atomic E-state index is 0.0101. The summed E-state index contributed by atoms with van der Waals surface area (Å²) in [6.07, 6.45) is 4.23. The number of methoxy groups -OCH3 is 1. The number of hydrogen-bond donors (Lipinski definition) is 2. The molecule has 0 bridgehead atoms. The van der Waals surface area contributed by atoms with Crippen LogP contribution in [-0.4, -0.2) is 18.9 Å². The lowest BCUT2D eigenvalue weighted by atomic mass is 9.64. The zero-order chi connectivity index (χ0) is 21.0. The van der Waals surface area contributed by atoms with E-state index in [0.29, 0.717) is 23.5 Å². The van der Waals surface area contributed by atoms with E-state index in [4.69, 9.17) is 9.15 Å². The van der Waals surface area contributed by atoms with Crippen molar-refractivity contribution in [1.82, 2.24) is 5.32 Å². The lowest BCUT2D eigenvalue weighted by Crippen LogP contribution is -2.48. The van der Waals surface area contributed by atoms with Crippen LogP contribution >= 0.6 is 0 Å². The highest BCUT2D eigenvalue weighted by atomic mass is 16.5. The molecule has 0 radical (unpaired) electrons. The van der Waals surface area contributed by atoms with Crippen LogP contribution in [0.3, 0.4) is 0 Å². The maximum atomic E-state index is 12.9. The van der Waals surface area contributed by atoms with Gasteiger partial charge in [-0.1, -0.05) is 30.7 Å².